The number of amides is 1. The Balaban J connectivity index is 1.50. The number of rotatable bonds is 11. The summed E-state index contributed by atoms with van der Waals surface area (Å²) in [7, 11) is 0. The molecule has 4 rings (SSSR count). The molecule has 0 saturated heterocycles. The van der Waals surface area contributed by atoms with Gasteiger partial charge >= 0.3 is 0 Å². The minimum Gasteiger partial charge on any atom is -0.488 e. The quantitative estimate of drug-likeness (QED) is 0.322. The van der Waals surface area contributed by atoms with E-state index in [1.54, 1.807) is 18.2 Å². The number of carbonyl (C=O) groups is 1. The fraction of sp³-hybridized carbons (Fsp3) is 0.167. The van der Waals surface area contributed by atoms with E-state index < -0.39 is 12.0 Å². The van der Waals surface area contributed by atoms with Gasteiger partial charge in [0.25, 0.3) is 5.91 Å². The second kappa shape index (κ2) is 12.0. The molecule has 4 aromatic carbocycles. The van der Waals surface area contributed by atoms with Crippen LogP contribution in [0, 0.1) is 0 Å². The van der Waals surface area contributed by atoms with Gasteiger partial charge in [0, 0.05) is 19.6 Å². The number of aliphatic hydroxyl groups excluding tert-OH is 1. The predicted molar refractivity (Wildman–Crippen MR) is 138 cm³/mol. The highest BCUT2D eigenvalue weighted by molar-refractivity contribution is 5.95. The van der Waals surface area contributed by atoms with E-state index in [0.717, 1.165) is 16.7 Å². The molecule has 35 heavy (non-hydrogen) atoms. The highest BCUT2D eigenvalue weighted by atomic mass is 16.5. The molecule has 0 aliphatic rings. The van der Waals surface area contributed by atoms with Crippen LogP contribution in [-0.4, -0.2) is 22.5 Å². The average molecular weight is 467 g/mol. The van der Waals surface area contributed by atoms with Crippen LogP contribution >= 0.6 is 0 Å². The van der Waals surface area contributed by atoms with Gasteiger partial charge in [0.15, 0.2) is 0 Å². The summed E-state index contributed by atoms with van der Waals surface area (Å²) in [4.78, 5) is 14.4. The summed E-state index contributed by atoms with van der Waals surface area (Å²) in [5.74, 6) is -0.185. The molecule has 0 heterocycles. The van der Waals surface area contributed by atoms with Crippen molar-refractivity contribution in [3.63, 3.8) is 0 Å². The SMILES string of the molecule is NC(=O)c1cc([C@@H](O)CN(Cc2ccccc2)Cc2ccccc2)ccc1OCc1ccccc1. The van der Waals surface area contributed by atoms with Crippen LogP contribution in [0.5, 0.6) is 5.75 Å². The van der Waals surface area contributed by atoms with Gasteiger partial charge in [0.2, 0.25) is 0 Å². The highest BCUT2D eigenvalue weighted by Crippen LogP contribution is 2.26. The third-order valence-corrected chi connectivity index (χ3v) is 5.82. The lowest BCUT2D eigenvalue weighted by molar-refractivity contribution is 0.0991. The number of carbonyl (C=O) groups excluding carboxylic acids is 1. The van der Waals surface area contributed by atoms with Crippen LogP contribution in [0.1, 0.15) is 38.7 Å². The summed E-state index contributed by atoms with van der Waals surface area (Å²) in [6.45, 7) is 2.10. The first-order valence-electron chi connectivity index (χ1n) is 11.7. The van der Waals surface area contributed by atoms with Gasteiger partial charge in [-0.25, -0.2) is 0 Å². The molecule has 5 heteroatoms. The van der Waals surface area contributed by atoms with Crippen LogP contribution in [-0.2, 0) is 19.7 Å². The standard InChI is InChI=1S/C30H30N2O3/c31-30(34)27-18-26(16-17-29(27)35-22-25-14-8-3-9-15-25)28(33)21-32(19-23-10-4-1-5-11-23)20-24-12-6-2-7-13-24/h1-18,28,33H,19-22H2,(H2,31,34)/t28-/m0/s1. The van der Waals surface area contributed by atoms with Gasteiger partial charge in [-0.1, -0.05) is 97.1 Å². The van der Waals surface area contributed by atoms with Crippen molar-refractivity contribution in [3.8, 4) is 5.75 Å². The fourth-order valence-electron chi connectivity index (χ4n) is 4.03. The van der Waals surface area contributed by atoms with Crippen molar-refractivity contribution < 1.29 is 14.6 Å². The maximum absolute atomic E-state index is 12.2. The molecular formula is C30H30N2O3. The van der Waals surface area contributed by atoms with Gasteiger partial charge in [0.05, 0.1) is 11.7 Å². The largest absolute Gasteiger partial charge is 0.488 e. The maximum Gasteiger partial charge on any atom is 0.252 e. The van der Waals surface area contributed by atoms with Crippen molar-refractivity contribution in [1.82, 2.24) is 4.90 Å². The van der Waals surface area contributed by atoms with Gasteiger partial charge in [-0.05, 0) is 34.4 Å². The minimum atomic E-state index is -0.802. The molecule has 0 aromatic heterocycles. The zero-order valence-corrected chi connectivity index (χ0v) is 19.6. The molecule has 0 unspecified atom stereocenters. The number of benzene rings is 4. The molecule has 5 nitrogen and oxygen atoms in total. The van der Waals surface area contributed by atoms with Crippen LogP contribution < -0.4 is 10.5 Å². The molecule has 178 valence electrons. The third-order valence-electron chi connectivity index (χ3n) is 5.82. The topological polar surface area (TPSA) is 75.8 Å². The van der Waals surface area contributed by atoms with Crippen molar-refractivity contribution in [2.75, 3.05) is 6.54 Å². The Bertz CT molecular complexity index is 1170. The van der Waals surface area contributed by atoms with E-state index in [4.69, 9.17) is 10.5 Å². The molecule has 0 spiro atoms. The molecule has 0 fully saturated rings. The zero-order valence-electron chi connectivity index (χ0n) is 19.6. The van der Waals surface area contributed by atoms with Gasteiger partial charge in [0.1, 0.15) is 12.4 Å². The second-order valence-electron chi connectivity index (χ2n) is 8.55. The van der Waals surface area contributed by atoms with Crippen molar-refractivity contribution in [2.24, 2.45) is 5.73 Å². The monoisotopic (exact) mass is 466 g/mol. The van der Waals surface area contributed by atoms with Crippen molar-refractivity contribution in [3.05, 3.63) is 137 Å². The first-order chi connectivity index (χ1) is 17.1. The third kappa shape index (κ3) is 7.03. The Hall–Kier alpha value is -3.93. The second-order valence-corrected chi connectivity index (χ2v) is 8.55. The summed E-state index contributed by atoms with van der Waals surface area (Å²) in [6, 6.07) is 35.2. The first kappa shape index (κ1) is 24.2. The summed E-state index contributed by atoms with van der Waals surface area (Å²) in [5.41, 5.74) is 9.85. The molecule has 0 bridgehead atoms. The molecular weight excluding hydrogens is 436 g/mol. The van der Waals surface area contributed by atoms with E-state index in [-0.39, 0.29) is 5.56 Å². The first-order valence-corrected chi connectivity index (χ1v) is 11.7. The number of primary amides is 1. The van der Waals surface area contributed by atoms with Gasteiger partial charge in [-0.2, -0.15) is 0 Å². The molecule has 4 aromatic rings. The summed E-state index contributed by atoms with van der Waals surface area (Å²) in [6.07, 6.45) is -0.802. The lowest BCUT2D eigenvalue weighted by Gasteiger charge is -2.26. The van der Waals surface area contributed by atoms with Crippen LogP contribution in [0.2, 0.25) is 0 Å². The van der Waals surface area contributed by atoms with E-state index >= 15 is 0 Å². The molecule has 0 radical (unpaired) electrons. The number of hydrogen-bond acceptors (Lipinski definition) is 4. The number of ether oxygens (including phenoxy) is 1. The molecule has 3 N–H and O–H groups in total. The Morgan fingerprint density at radius 3 is 1.80 bits per heavy atom. The molecule has 1 atom stereocenters. The number of aliphatic hydroxyl groups is 1. The zero-order chi connectivity index (χ0) is 24.5. The highest BCUT2D eigenvalue weighted by Gasteiger charge is 2.18. The van der Waals surface area contributed by atoms with Gasteiger partial charge in [-0.15, -0.1) is 0 Å². The summed E-state index contributed by atoms with van der Waals surface area (Å²) < 4.78 is 5.87. The van der Waals surface area contributed by atoms with E-state index in [1.807, 2.05) is 66.7 Å². The van der Waals surface area contributed by atoms with Crippen LogP contribution in [0.15, 0.2) is 109 Å². The van der Waals surface area contributed by atoms with Crippen molar-refractivity contribution in [1.29, 1.82) is 0 Å². The van der Waals surface area contributed by atoms with Gasteiger partial charge < -0.3 is 15.6 Å². The van der Waals surface area contributed by atoms with E-state index in [0.29, 0.717) is 37.6 Å². The van der Waals surface area contributed by atoms with Crippen LogP contribution in [0.4, 0.5) is 0 Å². The predicted octanol–water partition coefficient (Wildman–Crippen LogP) is 5.10. The number of nitrogens with zero attached hydrogens (tertiary/aromatic N) is 1. The Morgan fingerprint density at radius 2 is 1.29 bits per heavy atom. The Labute approximate surface area is 206 Å². The minimum absolute atomic E-state index is 0.259. The van der Waals surface area contributed by atoms with Crippen molar-refractivity contribution in [2.45, 2.75) is 25.8 Å². The molecule has 0 aliphatic carbocycles. The summed E-state index contributed by atoms with van der Waals surface area (Å²) >= 11 is 0. The lowest BCUT2D eigenvalue weighted by atomic mass is 10.0. The Morgan fingerprint density at radius 1 is 0.771 bits per heavy atom. The lowest BCUT2D eigenvalue weighted by Crippen LogP contribution is -2.28. The van der Waals surface area contributed by atoms with Crippen LogP contribution in [0.3, 0.4) is 0 Å². The van der Waals surface area contributed by atoms with Gasteiger partial charge in [-0.3, -0.25) is 9.69 Å². The molecule has 1 amide bonds. The molecule has 0 saturated carbocycles. The maximum atomic E-state index is 12.2. The fourth-order valence-corrected chi connectivity index (χ4v) is 4.03. The van der Waals surface area contributed by atoms with E-state index in [9.17, 15) is 9.90 Å². The molecule has 0 aliphatic heterocycles. The summed E-state index contributed by atoms with van der Waals surface area (Å²) in [5, 5.41) is 11.1. The number of hydrogen-bond donors (Lipinski definition) is 2. The normalized spacial score (nSPS) is 11.8. The smallest absolute Gasteiger partial charge is 0.252 e. The van der Waals surface area contributed by atoms with Crippen LogP contribution in [0.25, 0.3) is 0 Å². The Kier molecular flexibility index (Phi) is 8.28. The van der Waals surface area contributed by atoms with Crippen molar-refractivity contribution >= 4 is 5.91 Å². The van der Waals surface area contributed by atoms with E-state index in [1.165, 1.54) is 0 Å². The van der Waals surface area contributed by atoms with E-state index in [2.05, 4.69) is 29.2 Å². The number of nitrogens with two attached hydrogens (primary N) is 1. The average Bonchev–Trinajstić information content (AvgIpc) is 2.89.